The van der Waals surface area contributed by atoms with E-state index in [9.17, 15) is 4.79 Å². The topological polar surface area (TPSA) is 61.8 Å². The Balaban J connectivity index is 1.40. The van der Waals surface area contributed by atoms with Crippen LogP contribution in [-0.4, -0.2) is 73.8 Å². The van der Waals surface area contributed by atoms with Crippen LogP contribution in [0.2, 0.25) is 0 Å². The lowest BCUT2D eigenvalue weighted by atomic mass is 9.72. The molecule has 4 rings (SSSR count). The number of likely N-dealkylation sites (tertiary alicyclic amines) is 1. The van der Waals surface area contributed by atoms with Crippen LogP contribution in [0.25, 0.3) is 0 Å². The highest BCUT2D eigenvalue weighted by Crippen LogP contribution is 2.41. The second-order valence-electron chi connectivity index (χ2n) is 8.97. The number of anilines is 2. The van der Waals surface area contributed by atoms with E-state index in [2.05, 4.69) is 14.8 Å². The Morgan fingerprint density at radius 3 is 2.75 bits per heavy atom. The van der Waals surface area contributed by atoms with Gasteiger partial charge in [0.25, 0.3) is 0 Å². The van der Waals surface area contributed by atoms with E-state index in [4.69, 9.17) is 9.72 Å². The number of aryl methyl sites for hydroxylation is 1. The molecule has 3 saturated heterocycles. The molecule has 4 heterocycles. The number of rotatable bonds is 4. The van der Waals surface area contributed by atoms with Crippen LogP contribution >= 0.6 is 0 Å². The van der Waals surface area contributed by atoms with Gasteiger partial charge in [0.2, 0.25) is 11.9 Å². The Bertz CT molecular complexity index is 709. The fraction of sp³-hybridized carbons (Fsp3) is 0.762. The average Bonchev–Trinajstić information content (AvgIpc) is 3.19. The zero-order valence-corrected chi connectivity index (χ0v) is 17.5. The number of hydrogen-bond donors (Lipinski definition) is 0. The molecule has 28 heavy (non-hydrogen) atoms. The zero-order valence-electron chi connectivity index (χ0n) is 17.5. The third kappa shape index (κ3) is 3.95. The molecule has 3 fully saturated rings. The SMILES string of the molecule is Cc1cnc(N2CCC3(CCC(=O)N(C[C@H]4CCCO4)C3)CC2)nc1N(C)C. The summed E-state index contributed by atoms with van der Waals surface area (Å²) >= 11 is 0. The van der Waals surface area contributed by atoms with E-state index in [0.29, 0.717) is 12.3 Å². The number of aromatic nitrogens is 2. The van der Waals surface area contributed by atoms with Crippen LogP contribution in [0, 0.1) is 12.3 Å². The fourth-order valence-corrected chi connectivity index (χ4v) is 4.92. The maximum atomic E-state index is 12.5. The van der Waals surface area contributed by atoms with Crippen molar-refractivity contribution in [3.63, 3.8) is 0 Å². The number of piperidine rings is 2. The lowest BCUT2D eigenvalue weighted by Gasteiger charge is -2.47. The lowest BCUT2D eigenvalue weighted by molar-refractivity contribution is -0.140. The van der Waals surface area contributed by atoms with Crippen LogP contribution in [0.15, 0.2) is 6.20 Å². The minimum Gasteiger partial charge on any atom is -0.376 e. The van der Waals surface area contributed by atoms with Gasteiger partial charge < -0.3 is 19.4 Å². The minimum absolute atomic E-state index is 0.240. The van der Waals surface area contributed by atoms with Crippen molar-refractivity contribution < 1.29 is 9.53 Å². The van der Waals surface area contributed by atoms with E-state index in [-0.39, 0.29) is 11.5 Å². The molecule has 1 spiro atoms. The van der Waals surface area contributed by atoms with E-state index in [1.54, 1.807) is 0 Å². The molecule has 0 N–H and O–H groups in total. The number of amides is 1. The zero-order chi connectivity index (χ0) is 19.7. The number of carbonyl (C=O) groups excluding carboxylic acids is 1. The first-order chi connectivity index (χ1) is 13.5. The summed E-state index contributed by atoms with van der Waals surface area (Å²) in [4.78, 5) is 28.3. The molecule has 0 aromatic carbocycles. The summed E-state index contributed by atoms with van der Waals surface area (Å²) < 4.78 is 5.77. The Kier molecular flexibility index (Phi) is 5.45. The van der Waals surface area contributed by atoms with Crippen molar-refractivity contribution in [1.82, 2.24) is 14.9 Å². The predicted molar refractivity (Wildman–Crippen MR) is 110 cm³/mol. The van der Waals surface area contributed by atoms with Crippen molar-refractivity contribution in [3.05, 3.63) is 11.8 Å². The van der Waals surface area contributed by atoms with E-state index in [1.807, 2.05) is 32.1 Å². The molecule has 0 radical (unpaired) electrons. The maximum Gasteiger partial charge on any atom is 0.227 e. The van der Waals surface area contributed by atoms with Crippen LogP contribution in [0.4, 0.5) is 11.8 Å². The van der Waals surface area contributed by atoms with Crippen LogP contribution in [0.1, 0.15) is 44.1 Å². The van der Waals surface area contributed by atoms with Gasteiger partial charge in [0.15, 0.2) is 0 Å². The highest BCUT2D eigenvalue weighted by molar-refractivity contribution is 5.77. The first kappa shape index (κ1) is 19.4. The van der Waals surface area contributed by atoms with Crippen molar-refractivity contribution in [1.29, 1.82) is 0 Å². The summed E-state index contributed by atoms with van der Waals surface area (Å²) in [5.41, 5.74) is 1.34. The first-order valence-electron chi connectivity index (χ1n) is 10.6. The molecule has 1 amide bonds. The molecule has 7 nitrogen and oxygen atoms in total. The predicted octanol–water partition coefficient (Wildman–Crippen LogP) is 2.24. The molecule has 1 atom stereocenters. The third-order valence-corrected chi connectivity index (χ3v) is 6.66. The van der Waals surface area contributed by atoms with E-state index in [1.165, 1.54) is 0 Å². The van der Waals surface area contributed by atoms with Crippen LogP contribution in [0.5, 0.6) is 0 Å². The van der Waals surface area contributed by atoms with Crippen molar-refractivity contribution in [2.24, 2.45) is 5.41 Å². The molecule has 3 aliphatic rings. The molecule has 154 valence electrons. The van der Waals surface area contributed by atoms with Crippen LogP contribution in [0.3, 0.4) is 0 Å². The Labute approximate surface area is 168 Å². The van der Waals surface area contributed by atoms with Crippen LogP contribution < -0.4 is 9.80 Å². The van der Waals surface area contributed by atoms with Gasteiger partial charge in [-0.05, 0) is 44.4 Å². The van der Waals surface area contributed by atoms with Crippen molar-refractivity contribution in [2.75, 3.05) is 56.7 Å². The van der Waals surface area contributed by atoms with Gasteiger partial charge in [0.05, 0.1) is 6.10 Å². The number of carbonyl (C=O) groups is 1. The summed E-state index contributed by atoms with van der Waals surface area (Å²) in [6, 6.07) is 0. The molecular formula is C21H33N5O2. The average molecular weight is 388 g/mol. The largest absolute Gasteiger partial charge is 0.376 e. The monoisotopic (exact) mass is 387 g/mol. The highest BCUT2D eigenvalue weighted by atomic mass is 16.5. The molecular weight excluding hydrogens is 354 g/mol. The summed E-state index contributed by atoms with van der Waals surface area (Å²) in [5.74, 6) is 2.12. The molecule has 1 aromatic heterocycles. The van der Waals surface area contributed by atoms with Gasteiger partial charge in [-0.15, -0.1) is 0 Å². The van der Waals surface area contributed by atoms with Gasteiger partial charge in [-0.2, -0.15) is 4.98 Å². The van der Waals surface area contributed by atoms with Crippen molar-refractivity contribution >= 4 is 17.7 Å². The third-order valence-electron chi connectivity index (χ3n) is 6.66. The van der Waals surface area contributed by atoms with Gasteiger partial charge in [0, 0.05) is 65.1 Å². The number of ether oxygens (including phenoxy) is 1. The highest BCUT2D eigenvalue weighted by Gasteiger charge is 2.42. The molecule has 7 heteroatoms. The second-order valence-corrected chi connectivity index (χ2v) is 8.97. The second kappa shape index (κ2) is 7.85. The number of nitrogens with zero attached hydrogens (tertiary/aromatic N) is 5. The molecule has 0 saturated carbocycles. The quantitative estimate of drug-likeness (QED) is 0.790. The van der Waals surface area contributed by atoms with Gasteiger partial charge in [-0.25, -0.2) is 4.98 Å². The smallest absolute Gasteiger partial charge is 0.227 e. The minimum atomic E-state index is 0.240. The molecule has 3 aliphatic heterocycles. The Hall–Kier alpha value is -1.89. The normalized spacial score (nSPS) is 24.8. The van der Waals surface area contributed by atoms with Gasteiger partial charge >= 0.3 is 0 Å². The van der Waals surface area contributed by atoms with E-state index >= 15 is 0 Å². The Morgan fingerprint density at radius 2 is 2.07 bits per heavy atom. The Morgan fingerprint density at radius 1 is 1.29 bits per heavy atom. The molecule has 0 bridgehead atoms. The summed E-state index contributed by atoms with van der Waals surface area (Å²) in [5, 5.41) is 0. The molecule has 1 aromatic rings. The van der Waals surface area contributed by atoms with Crippen molar-refractivity contribution in [3.8, 4) is 0 Å². The van der Waals surface area contributed by atoms with Gasteiger partial charge in [-0.3, -0.25) is 4.79 Å². The standard InChI is InChI=1S/C21H33N5O2/c1-16-13-22-20(23-19(16)24(2)3)25-10-8-21(9-11-25)7-6-18(27)26(15-21)14-17-5-4-12-28-17/h13,17H,4-12,14-15H2,1-3H3/t17-/m1/s1. The lowest BCUT2D eigenvalue weighted by Crippen LogP contribution is -2.53. The van der Waals surface area contributed by atoms with Crippen molar-refractivity contribution in [2.45, 2.75) is 51.6 Å². The summed E-state index contributed by atoms with van der Waals surface area (Å²) in [7, 11) is 4.04. The first-order valence-corrected chi connectivity index (χ1v) is 10.6. The van der Waals surface area contributed by atoms with E-state index < -0.39 is 0 Å². The number of hydrogen-bond acceptors (Lipinski definition) is 6. The maximum absolute atomic E-state index is 12.5. The van der Waals surface area contributed by atoms with Crippen LogP contribution in [-0.2, 0) is 9.53 Å². The molecule has 0 unspecified atom stereocenters. The molecule has 0 aliphatic carbocycles. The van der Waals surface area contributed by atoms with Gasteiger partial charge in [-0.1, -0.05) is 0 Å². The van der Waals surface area contributed by atoms with Gasteiger partial charge in [0.1, 0.15) is 5.82 Å². The summed E-state index contributed by atoms with van der Waals surface area (Å²) in [6.45, 7) is 6.47. The van der Waals surface area contributed by atoms with E-state index in [0.717, 1.165) is 82.2 Å². The fourth-order valence-electron chi connectivity index (χ4n) is 4.92. The summed E-state index contributed by atoms with van der Waals surface area (Å²) in [6.07, 6.45) is 8.25.